The van der Waals surface area contributed by atoms with Crippen LogP contribution in [-0.2, 0) is 25.7 Å². The largest absolute Gasteiger partial charge is 0.457 e. The molecule has 0 aromatic heterocycles. The van der Waals surface area contributed by atoms with E-state index in [1.807, 2.05) is 37.4 Å². The Hall–Kier alpha value is -5.23. The number of carbonyl (C=O) groups is 5. The summed E-state index contributed by atoms with van der Waals surface area (Å²) in [6.07, 6.45) is 1.61. The zero-order chi connectivity index (χ0) is 35.1. The van der Waals surface area contributed by atoms with Crippen LogP contribution >= 0.6 is 0 Å². The number of para-hydroxylation sites is 2. The fourth-order valence-corrected chi connectivity index (χ4v) is 5.88. The van der Waals surface area contributed by atoms with Crippen molar-refractivity contribution in [3.05, 3.63) is 90.0 Å². The Morgan fingerprint density at radius 2 is 1.53 bits per heavy atom. The number of likely N-dealkylation sites (tertiary alicyclic amines) is 1. The van der Waals surface area contributed by atoms with E-state index in [4.69, 9.17) is 4.74 Å². The maximum atomic E-state index is 14.2. The van der Waals surface area contributed by atoms with Gasteiger partial charge in [0.1, 0.15) is 19.2 Å². The molecule has 3 N–H and O–H groups in total. The van der Waals surface area contributed by atoms with Crippen LogP contribution in [0.25, 0.3) is 0 Å². The fraction of sp³-hybridized carbons (Fsp3) is 0.378. The molecule has 0 spiro atoms. The van der Waals surface area contributed by atoms with Crippen LogP contribution < -0.4 is 25.8 Å². The molecule has 2 aliphatic rings. The lowest BCUT2D eigenvalue weighted by Gasteiger charge is -2.31. The van der Waals surface area contributed by atoms with Crippen molar-refractivity contribution >= 4 is 46.8 Å². The van der Waals surface area contributed by atoms with Crippen LogP contribution in [0.2, 0.25) is 0 Å². The third-order valence-corrected chi connectivity index (χ3v) is 8.54. The molecule has 49 heavy (non-hydrogen) atoms. The highest BCUT2D eigenvalue weighted by molar-refractivity contribution is 6.11. The van der Waals surface area contributed by atoms with Gasteiger partial charge in [0.15, 0.2) is 0 Å². The van der Waals surface area contributed by atoms with Gasteiger partial charge in [0.25, 0.3) is 5.91 Å². The highest BCUT2D eigenvalue weighted by Gasteiger charge is 2.40. The standard InChI is InChI=1S/C37H44N6O6/c1-37(2,3)35(47)43-22-29(40-36(48)39-28-14-10-13-26(21-28)34(46)49-24-25-11-6-5-7-12-25)33(45)42(30-15-8-9-16-31(30)43)23-32(44)38-27-17-19-41(4)20-18-27/h5-16,21,27,29H,17-20,22-24H2,1-4H3,(H,38,44)(H2,39,40,48). The van der Waals surface area contributed by atoms with Crippen LogP contribution in [0, 0.1) is 5.41 Å². The monoisotopic (exact) mass is 668 g/mol. The Morgan fingerprint density at radius 3 is 2.22 bits per heavy atom. The van der Waals surface area contributed by atoms with Gasteiger partial charge in [0, 0.05) is 17.1 Å². The maximum absolute atomic E-state index is 14.2. The molecule has 0 bridgehead atoms. The molecule has 0 saturated carbocycles. The lowest BCUT2D eigenvalue weighted by atomic mass is 9.94. The normalized spacial score (nSPS) is 17.1. The molecule has 258 valence electrons. The minimum Gasteiger partial charge on any atom is -0.457 e. The first-order chi connectivity index (χ1) is 23.4. The van der Waals surface area contributed by atoms with Gasteiger partial charge in [-0.05, 0) is 68.9 Å². The molecule has 12 heteroatoms. The van der Waals surface area contributed by atoms with Crippen LogP contribution in [0.15, 0.2) is 78.9 Å². The van der Waals surface area contributed by atoms with Crippen LogP contribution in [0.5, 0.6) is 0 Å². The highest BCUT2D eigenvalue weighted by atomic mass is 16.5. The number of rotatable bonds is 8. The first-order valence-corrected chi connectivity index (χ1v) is 16.5. The number of urea groups is 1. The predicted octanol–water partition coefficient (Wildman–Crippen LogP) is 4.17. The lowest BCUT2D eigenvalue weighted by molar-refractivity contribution is -0.126. The molecule has 1 atom stereocenters. The van der Waals surface area contributed by atoms with E-state index in [0.29, 0.717) is 17.1 Å². The summed E-state index contributed by atoms with van der Waals surface area (Å²) in [7, 11) is 2.04. The molecule has 2 aliphatic heterocycles. The number of piperidine rings is 1. The summed E-state index contributed by atoms with van der Waals surface area (Å²) in [6, 6.07) is 20.6. The molecule has 0 aliphatic carbocycles. The van der Waals surface area contributed by atoms with Crippen LogP contribution in [0.1, 0.15) is 49.5 Å². The minimum absolute atomic E-state index is 0.00826. The van der Waals surface area contributed by atoms with Crippen LogP contribution in [0.4, 0.5) is 21.9 Å². The van der Waals surface area contributed by atoms with Gasteiger partial charge in [0.05, 0.1) is 23.5 Å². The first-order valence-electron chi connectivity index (χ1n) is 16.5. The van der Waals surface area contributed by atoms with Crippen molar-refractivity contribution in [3.63, 3.8) is 0 Å². The number of esters is 1. The Kier molecular flexibility index (Phi) is 11.0. The van der Waals surface area contributed by atoms with Gasteiger partial charge in [-0.25, -0.2) is 9.59 Å². The second kappa shape index (κ2) is 15.3. The Morgan fingerprint density at radius 1 is 0.857 bits per heavy atom. The van der Waals surface area contributed by atoms with E-state index in [-0.39, 0.29) is 43.1 Å². The summed E-state index contributed by atoms with van der Waals surface area (Å²) in [5.41, 5.74) is 1.43. The van der Waals surface area contributed by atoms with E-state index in [0.717, 1.165) is 31.5 Å². The van der Waals surface area contributed by atoms with Crippen molar-refractivity contribution < 1.29 is 28.7 Å². The number of nitrogens with one attached hydrogen (secondary N) is 3. The molecule has 12 nitrogen and oxygen atoms in total. The zero-order valence-corrected chi connectivity index (χ0v) is 28.4. The minimum atomic E-state index is -1.20. The molecule has 1 fully saturated rings. The molecule has 0 radical (unpaired) electrons. The van der Waals surface area contributed by atoms with Crippen molar-refractivity contribution in [2.24, 2.45) is 5.41 Å². The molecule has 5 rings (SSSR count). The first kappa shape index (κ1) is 35.1. The van der Waals surface area contributed by atoms with Gasteiger partial charge >= 0.3 is 12.0 Å². The number of benzene rings is 3. The lowest BCUT2D eigenvalue weighted by Crippen LogP contribution is -2.56. The van der Waals surface area contributed by atoms with E-state index >= 15 is 0 Å². The summed E-state index contributed by atoms with van der Waals surface area (Å²) in [5, 5.41) is 8.48. The van der Waals surface area contributed by atoms with Gasteiger partial charge in [0.2, 0.25) is 11.8 Å². The Balaban J connectivity index is 1.34. The zero-order valence-electron chi connectivity index (χ0n) is 28.4. The van der Waals surface area contributed by atoms with E-state index in [2.05, 4.69) is 20.9 Å². The second-order valence-corrected chi connectivity index (χ2v) is 13.5. The van der Waals surface area contributed by atoms with Gasteiger partial charge in [-0.1, -0.05) is 69.3 Å². The molecule has 2 heterocycles. The maximum Gasteiger partial charge on any atom is 0.338 e. The van der Waals surface area contributed by atoms with E-state index in [9.17, 15) is 24.0 Å². The van der Waals surface area contributed by atoms with E-state index < -0.39 is 29.4 Å². The topological polar surface area (TPSA) is 140 Å². The van der Waals surface area contributed by atoms with Crippen molar-refractivity contribution in [2.75, 3.05) is 48.3 Å². The van der Waals surface area contributed by atoms with E-state index in [1.165, 1.54) is 15.9 Å². The molecule has 3 aromatic rings. The number of amides is 5. The molecular formula is C37H44N6O6. The SMILES string of the molecule is CN1CCC(NC(=O)CN2C(=O)C(NC(=O)Nc3cccc(C(=O)OCc4ccccc4)c3)CN(C(=O)C(C)(C)C)c3ccccc32)CC1. The van der Waals surface area contributed by atoms with Crippen molar-refractivity contribution in [2.45, 2.75) is 52.3 Å². The number of hydrogen-bond acceptors (Lipinski definition) is 7. The predicted molar refractivity (Wildman–Crippen MR) is 187 cm³/mol. The number of ether oxygens (including phenoxy) is 1. The number of hydrogen-bond donors (Lipinski definition) is 3. The number of anilines is 3. The average molecular weight is 669 g/mol. The van der Waals surface area contributed by atoms with Gasteiger partial charge in [-0.3, -0.25) is 19.3 Å². The molecular weight excluding hydrogens is 624 g/mol. The third-order valence-electron chi connectivity index (χ3n) is 8.54. The Labute approximate surface area is 286 Å². The summed E-state index contributed by atoms with van der Waals surface area (Å²) in [6.45, 7) is 6.73. The summed E-state index contributed by atoms with van der Waals surface area (Å²) in [4.78, 5) is 72.5. The quantitative estimate of drug-likeness (QED) is 0.306. The van der Waals surface area contributed by atoms with E-state index in [1.54, 1.807) is 63.2 Å². The molecule has 5 amide bonds. The molecule has 1 saturated heterocycles. The van der Waals surface area contributed by atoms with Gasteiger partial charge in [-0.2, -0.15) is 0 Å². The molecule has 3 aromatic carbocycles. The molecule has 1 unspecified atom stereocenters. The number of nitrogens with zero attached hydrogens (tertiary/aromatic N) is 3. The average Bonchev–Trinajstić information content (AvgIpc) is 3.18. The van der Waals surface area contributed by atoms with Gasteiger partial charge in [-0.15, -0.1) is 0 Å². The third kappa shape index (κ3) is 9.02. The van der Waals surface area contributed by atoms with Crippen molar-refractivity contribution in [1.29, 1.82) is 0 Å². The van der Waals surface area contributed by atoms with Crippen molar-refractivity contribution in [3.8, 4) is 0 Å². The Bertz CT molecular complexity index is 1680. The number of carbonyl (C=O) groups excluding carboxylic acids is 5. The smallest absolute Gasteiger partial charge is 0.338 e. The number of fused-ring (bicyclic) bond motifs is 1. The van der Waals surface area contributed by atoms with Gasteiger partial charge < -0.3 is 30.5 Å². The van der Waals surface area contributed by atoms with Crippen LogP contribution in [-0.4, -0.2) is 79.9 Å². The highest BCUT2D eigenvalue weighted by Crippen LogP contribution is 2.35. The summed E-state index contributed by atoms with van der Waals surface area (Å²) in [5.74, 6) is -1.68. The fourth-order valence-electron chi connectivity index (χ4n) is 5.88. The van der Waals surface area contributed by atoms with Crippen LogP contribution in [0.3, 0.4) is 0 Å². The second-order valence-electron chi connectivity index (χ2n) is 13.5. The summed E-state index contributed by atoms with van der Waals surface area (Å²) < 4.78 is 5.42. The summed E-state index contributed by atoms with van der Waals surface area (Å²) >= 11 is 0. The van der Waals surface area contributed by atoms with Crippen molar-refractivity contribution in [1.82, 2.24) is 15.5 Å².